The Labute approximate surface area is 207 Å². The topological polar surface area (TPSA) is 157 Å². The van der Waals surface area contributed by atoms with Crippen LogP contribution in [0.4, 0.5) is 0 Å². The Hall–Kier alpha value is -3.07. The van der Waals surface area contributed by atoms with Gasteiger partial charge in [0.1, 0.15) is 5.78 Å². The quantitative estimate of drug-likeness (QED) is 0.171. The van der Waals surface area contributed by atoms with Crippen LogP contribution in [0, 0.1) is 16.7 Å². The Kier molecular flexibility index (Phi) is 9.14. The molecule has 2 saturated carbocycles. The molecule has 0 unspecified atom stereocenters. The normalized spacial score (nSPS) is 23.3. The van der Waals surface area contributed by atoms with Crippen molar-refractivity contribution in [2.75, 3.05) is 20.2 Å². The second-order valence-corrected chi connectivity index (χ2v) is 9.65. The summed E-state index contributed by atoms with van der Waals surface area (Å²) in [4.78, 5) is 35.4. The van der Waals surface area contributed by atoms with Gasteiger partial charge in [-0.25, -0.2) is 4.98 Å². The lowest BCUT2D eigenvalue weighted by atomic mass is 9.62. The highest BCUT2D eigenvalue weighted by Crippen LogP contribution is 2.45. The Balaban J connectivity index is 1.93. The van der Waals surface area contributed by atoms with E-state index in [0.29, 0.717) is 55.4 Å². The average molecular weight is 483 g/mol. The van der Waals surface area contributed by atoms with E-state index >= 15 is 0 Å². The van der Waals surface area contributed by atoms with E-state index in [9.17, 15) is 9.59 Å². The van der Waals surface area contributed by atoms with Gasteiger partial charge in [-0.2, -0.15) is 4.98 Å². The van der Waals surface area contributed by atoms with Crippen molar-refractivity contribution in [3.05, 3.63) is 29.2 Å². The number of carbonyl (C=O) groups excluding carboxylic acids is 2. The van der Waals surface area contributed by atoms with Crippen LogP contribution in [0.2, 0.25) is 0 Å². The van der Waals surface area contributed by atoms with Crippen molar-refractivity contribution in [1.29, 1.82) is 5.41 Å². The maximum atomic E-state index is 13.6. The molecule has 0 radical (unpaired) electrons. The van der Waals surface area contributed by atoms with Gasteiger partial charge in [-0.3, -0.25) is 9.59 Å². The monoisotopic (exact) mass is 482 g/mol. The standard InChI is InChI=1S/C26H38N6O3/c1-17(7-6-14-30-2)16-35-22-15-20(19(28)10-13-27)31-25(32-22)23(29)18-8-5-12-26(24(18)34)11-4-3-9-21(26)33/h10,13,15,17,27,30H,3-9,11-12,14,16,28-29H2,1-2H3/b19-10-,23-18-,27-13?/t17-,26+/m0/s1. The van der Waals surface area contributed by atoms with Crippen LogP contribution in [0.5, 0.6) is 5.88 Å². The highest BCUT2D eigenvalue weighted by molar-refractivity contribution is 6.17. The fourth-order valence-corrected chi connectivity index (χ4v) is 4.95. The van der Waals surface area contributed by atoms with Crippen molar-refractivity contribution >= 4 is 29.2 Å². The Morgan fingerprint density at radius 1 is 1.23 bits per heavy atom. The number of ketones is 2. The summed E-state index contributed by atoms with van der Waals surface area (Å²) in [5.74, 6) is 0.631. The lowest BCUT2D eigenvalue weighted by molar-refractivity contribution is -0.143. The van der Waals surface area contributed by atoms with Gasteiger partial charge in [-0.15, -0.1) is 0 Å². The lowest BCUT2D eigenvalue weighted by Gasteiger charge is -2.38. The molecule has 0 amide bonds. The predicted molar refractivity (Wildman–Crippen MR) is 137 cm³/mol. The lowest BCUT2D eigenvalue weighted by Crippen LogP contribution is -2.45. The third-order valence-corrected chi connectivity index (χ3v) is 7.00. The third kappa shape index (κ3) is 6.14. The average Bonchev–Trinajstić information content (AvgIpc) is 2.86. The second-order valence-electron chi connectivity index (χ2n) is 9.65. The van der Waals surface area contributed by atoms with Crippen LogP contribution in [0.1, 0.15) is 76.2 Å². The molecule has 2 fully saturated rings. The first-order chi connectivity index (χ1) is 16.8. The summed E-state index contributed by atoms with van der Waals surface area (Å²) in [6, 6.07) is 1.62. The molecule has 0 bridgehead atoms. The molecule has 2 aliphatic carbocycles. The summed E-state index contributed by atoms with van der Waals surface area (Å²) < 4.78 is 5.97. The predicted octanol–water partition coefficient (Wildman–Crippen LogP) is 2.99. The van der Waals surface area contributed by atoms with Gasteiger partial charge in [-0.05, 0) is 70.5 Å². The Morgan fingerprint density at radius 3 is 2.71 bits per heavy atom. The maximum absolute atomic E-state index is 13.6. The van der Waals surface area contributed by atoms with E-state index in [2.05, 4.69) is 22.2 Å². The molecule has 9 nitrogen and oxygen atoms in total. The van der Waals surface area contributed by atoms with Crippen LogP contribution < -0.4 is 21.5 Å². The molecule has 1 spiro atoms. The van der Waals surface area contributed by atoms with Gasteiger partial charge in [-0.1, -0.05) is 13.3 Å². The summed E-state index contributed by atoms with van der Waals surface area (Å²) in [6.45, 7) is 3.51. The number of allylic oxidation sites excluding steroid dienone is 2. The molecule has 9 heteroatoms. The van der Waals surface area contributed by atoms with E-state index < -0.39 is 5.41 Å². The minimum absolute atomic E-state index is 0.0304. The maximum Gasteiger partial charge on any atom is 0.217 e. The molecule has 6 N–H and O–H groups in total. The van der Waals surface area contributed by atoms with Gasteiger partial charge in [0.25, 0.3) is 0 Å². The number of nitrogens with two attached hydrogens (primary N) is 2. The number of nitrogens with zero attached hydrogens (tertiary/aromatic N) is 2. The fourth-order valence-electron chi connectivity index (χ4n) is 4.95. The van der Waals surface area contributed by atoms with Crippen molar-refractivity contribution in [2.24, 2.45) is 22.8 Å². The number of hydrogen-bond acceptors (Lipinski definition) is 9. The second kappa shape index (κ2) is 12.1. The number of hydrogen-bond donors (Lipinski definition) is 4. The SMILES string of the molecule is CNCCC[C@H](C)COc1cc(/C(N)=C/C=N)nc(/C(N)=C2\CCC[C@@]3(CCCCC3=O)C2=O)n1. The molecular weight excluding hydrogens is 444 g/mol. The Morgan fingerprint density at radius 2 is 2.00 bits per heavy atom. The molecule has 0 saturated heterocycles. The zero-order chi connectivity index (χ0) is 25.4. The largest absolute Gasteiger partial charge is 0.477 e. The first kappa shape index (κ1) is 26.5. The number of Topliss-reactive ketones (excluding diaryl/α,β-unsaturated/α-hetero) is 2. The van der Waals surface area contributed by atoms with Crippen LogP contribution in [0.25, 0.3) is 11.4 Å². The first-order valence-electron chi connectivity index (χ1n) is 12.5. The molecule has 35 heavy (non-hydrogen) atoms. The highest BCUT2D eigenvalue weighted by Gasteiger charge is 2.49. The first-order valence-corrected chi connectivity index (χ1v) is 12.5. The van der Waals surface area contributed by atoms with Crippen LogP contribution in [0.3, 0.4) is 0 Å². The van der Waals surface area contributed by atoms with Crippen molar-refractivity contribution < 1.29 is 14.3 Å². The van der Waals surface area contributed by atoms with E-state index in [0.717, 1.165) is 44.9 Å². The molecule has 0 aromatic carbocycles. The van der Waals surface area contributed by atoms with Crippen molar-refractivity contribution in [1.82, 2.24) is 15.3 Å². The van der Waals surface area contributed by atoms with Crippen LogP contribution >= 0.6 is 0 Å². The number of carbonyl (C=O) groups is 2. The van der Waals surface area contributed by atoms with Crippen LogP contribution in [-0.2, 0) is 9.59 Å². The number of aromatic nitrogens is 2. The molecule has 2 aliphatic rings. The van der Waals surface area contributed by atoms with E-state index in [4.69, 9.17) is 21.6 Å². The molecule has 3 rings (SSSR count). The number of ether oxygens (including phenoxy) is 1. The highest BCUT2D eigenvalue weighted by atomic mass is 16.5. The van der Waals surface area contributed by atoms with Gasteiger partial charge in [0.2, 0.25) is 5.88 Å². The molecule has 2 atom stereocenters. The molecule has 1 heterocycles. The smallest absolute Gasteiger partial charge is 0.217 e. The van der Waals surface area contributed by atoms with Crippen molar-refractivity contribution in [3.63, 3.8) is 0 Å². The van der Waals surface area contributed by atoms with Crippen molar-refractivity contribution in [3.8, 4) is 5.88 Å². The van der Waals surface area contributed by atoms with Gasteiger partial charge >= 0.3 is 0 Å². The summed E-state index contributed by atoms with van der Waals surface area (Å²) in [7, 11) is 1.93. The zero-order valence-corrected chi connectivity index (χ0v) is 20.9. The van der Waals surface area contributed by atoms with Crippen LogP contribution in [0.15, 0.2) is 17.7 Å². The molecule has 1 aromatic rings. The molecule has 190 valence electrons. The molecular formula is C26H38N6O3. The summed E-state index contributed by atoms with van der Waals surface area (Å²) in [5, 5.41) is 10.5. The van der Waals surface area contributed by atoms with Gasteiger partial charge in [0.15, 0.2) is 11.6 Å². The van der Waals surface area contributed by atoms with Crippen molar-refractivity contribution in [2.45, 2.75) is 64.7 Å². The molecule has 0 aliphatic heterocycles. The van der Waals surface area contributed by atoms with Gasteiger partial charge < -0.3 is 26.9 Å². The third-order valence-electron chi connectivity index (χ3n) is 7.00. The van der Waals surface area contributed by atoms with Gasteiger partial charge in [0.05, 0.1) is 29.1 Å². The number of rotatable bonds is 10. The van der Waals surface area contributed by atoms with Gasteiger partial charge in [0, 0.05) is 24.3 Å². The van der Waals surface area contributed by atoms with E-state index in [1.165, 1.54) is 6.08 Å². The summed E-state index contributed by atoms with van der Waals surface area (Å²) in [6.07, 6.45) is 9.04. The number of nitrogens with one attached hydrogen (secondary N) is 2. The minimum atomic E-state index is -0.949. The van der Waals surface area contributed by atoms with Crippen LogP contribution in [-0.4, -0.2) is 47.9 Å². The zero-order valence-electron chi connectivity index (χ0n) is 20.9. The summed E-state index contributed by atoms with van der Waals surface area (Å²) >= 11 is 0. The van der Waals surface area contributed by atoms with E-state index in [1.54, 1.807) is 6.07 Å². The Bertz CT molecular complexity index is 1010. The molecule has 1 aromatic heterocycles. The van der Waals surface area contributed by atoms with E-state index in [1.807, 2.05) is 7.05 Å². The van der Waals surface area contributed by atoms with E-state index in [-0.39, 0.29) is 28.8 Å². The fraction of sp³-hybridized carbons (Fsp3) is 0.577. The minimum Gasteiger partial charge on any atom is -0.477 e. The summed E-state index contributed by atoms with van der Waals surface area (Å²) in [5.41, 5.74) is 12.9.